The number of para-hydroxylation sites is 1. The lowest BCUT2D eigenvalue weighted by Crippen LogP contribution is -2.30. The number of carbonyl (C=O) groups is 1. The summed E-state index contributed by atoms with van der Waals surface area (Å²) in [5.74, 6) is 1.24. The molecule has 0 aliphatic rings. The first-order valence-electron chi connectivity index (χ1n) is 8.16. The van der Waals surface area contributed by atoms with E-state index in [2.05, 4.69) is 29.1 Å². The number of benzene rings is 1. The van der Waals surface area contributed by atoms with Gasteiger partial charge in [0.1, 0.15) is 5.01 Å². The van der Waals surface area contributed by atoms with E-state index in [0.717, 1.165) is 21.5 Å². The molecule has 0 saturated heterocycles. The zero-order chi connectivity index (χ0) is 17.1. The molecule has 0 radical (unpaired) electrons. The van der Waals surface area contributed by atoms with Crippen molar-refractivity contribution in [1.29, 1.82) is 0 Å². The molecule has 1 aromatic carbocycles. The van der Waals surface area contributed by atoms with Gasteiger partial charge in [-0.3, -0.25) is 4.79 Å². The van der Waals surface area contributed by atoms with Crippen LogP contribution in [0.15, 0.2) is 30.3 Å². The summed E-state index contributed by atoms with van der Waals surface area (Å²) >= 11 is 1.50. The van der Waals surface area contributed by atoms with Crippen LogP contribution in [0, 0.1) is 0 Å². The largest absolute Gasteiger partial charge is 0.313 e. The van der Waals surface area contributed by atoms with E-state index in [0.29, 0.717) is 19.4 Å². The number of hydrogen-bond donors (Lipinski definition) is 0. The van der Waals surface area contributed by atoms with Crippen molar-refractivity contribution >= 4 is 27.9 Å². The Morgan fingerprint density at radius 1 is 1.25 bits per heavy atom. The molecule has 0 saturated carbocycles. The van der Waals surface area contributed by atoms with E-state index in [-0.39, 0.29) is 11.8 Å². The summed E-state index contributed by atoms with van der Waals surface area (Å²) in [6, 6.07) is 9.76. The number of aromatic nitrogens is 4. The molecule has 6 nitrogen and oxygen atoms in total. The average Bonchev–Trinajstić information content (AvgIpc) is 3.14. The molecule has 0 spiro atoms. The van der Waals surface area contributed by atoms with Crippen molar-refractivity contribution in [2.24, 2.45) is 0 Å². The Balaban J connectivity index is 1.69. The summed E-state index contributed by atoms with van der Waals surface area (Å²) in [4.78, 5) is 15.1. The molecular weight excluding hydrogens is 322 g/mol. The van der Waals surface area contributed by atoms with Crippen molar-refractivity contribution in [2.75, 3.05) is 11.4 Å². The molecule has 0 bridgehead atoms. The minimum Gasteiger partial charge on any atom is -0.313 e. The van der Waals surface area contributed by atoms with Crippen molar-refractivity contribution in [2.45, 2.75) is 39.5 Å². The second-order valence-corrected chi connectivity index (χ2v) is 6.92. The molecule has 2 aromatic heterocycles. The number of carbonyl (C=O) groups excluding carboxylic acids is 1. The molecule has 0 aliphatic heterocycles. The van der Waals surface area contributed by atoms with Gasteiger partial charge < -0.3 is 4.90 Å². The maximum Gasteiger partial charge on any atom is 0.234 e. The second-order valence-electron chi connectivity index (χ2n) is 5.88. The molecule has 24 heavy (non-hydrogen) atoms. The SMILES string of the molecule is CCN(C(=O)CCc1nn2c(C(C)C)nnc2s1)c1ccccc1. The molecular formula is C17H21N5OS. The lowest BCUT2D eigenvalue weighted by molar-refractivity contribution is -0.118. The summed E-state index contributed by atoms with van der Waals surface area (Å²) in [6.45, 7) is 6.78. The molecule has 126 valence electrons. The van der Waals surface area contributed by atoms with Crippen LogP contribution in [0.3, 0.4) is 0 Å². The highest BCUT2D eigenvalue weighted by Gasteiger charge is 2.17. The summed E-state index contributed by atoms with van der Waals surface area (Å²) in [6.07, 6.45) is 1.05. The number of amides is 1. The number of aryl methyl sites for hydroxylation is 1. The van der Waals surface area contributed by atoms with Gasteiger partial charge in [0.15, 0.2) is 5.82 Å². The van der Waals surface area contributed by atoms with Crippen molar-refractivity contribution in [3.05, 3.63) is 41.2 Å². The van der Waals surface area contributed by atoms with Gasteiger partial charge in [-0.2, -0.15) is 9.61 Å². The Hall–Kier alpha value is -2.28. The third kappa shape index (κ3) is 3.31. The molecule has 0 atom stereocenters. The van der Waals surface area contributed by atoms with E-state index in [4.69, 9.17) is 0 Å². The predicted molar refractivity (Wildman–Crippen MR) is 95.5 cm³/mol. The number of anilines is 1. The Labute approximate surface area is 145 Å². The smallest absolute Gasteiger partial charge is 0.234 e. The molecule has 0 aliphatic carbocycles. The fourth-order valence-electron chi connectivity index (χ4n) is 2.59. The summed E-state index contributed by atoms with van der Waals surface area (Å²) in [5, 5.41) is 13.8. The number of hydrogen-bond acceptors (Lipinski definition) is 5. The van der Waals surface area contributed by atoms with Crippen LogP contribution in [0.4, 0.5) is 5.69 Å². The van der Waals surface area contributed by atoms with Crippen LogP contribution >= 0.6 is 11.3 Å². The van der Waals surface area contributed by atoms with Crippen LogP contribution in [0.5, 0.6) is 0 Å². The molecule has 0 N–H and O–H groups in total. The van der Waals surface area contributed by atoms with E-state index in [9.17, 15) is 4.79 Å². The van der Waals surface area contributed by atoms with E-state index in [1.165, 1.54) is 11.3 Å². The third-order valence-electron chi connectivity index (χ3n) is 3.81. The summed E-state index contributed by atoms with van der Waals surface area (Å²) < 4.78 is 1.80. The van der Waals surface area contributed by atoms with Gasteiger partial charge in [-0.05, 0) is 19.1 Å². The van der Waals surface area contributed by atoms with Gasteiger partial charge in [-0.15, -0.1) is 10.2 Å². The average molecular weight is 343 g/mol. The third-order valence-corrected chi connectivity index (χ3v) is 4.77. The maximum atomic E-state index is 12.5. The molecule has 3 rings (SSSR count). The van der Waals surface area contributed by atoms with Crippen LogP contribution in [0.25, 0.3) is 4.96 Å². The van der Waals surface area contributed by atoms with Gasteiger partial charge in [-0.25, -0.2) is 0 Å². The number of rotatable bonds is 6. The molecule has 1 amide bonds. The second kappa shape index (κ2) is 7.09. The van der Waals surface area contributed by atoms with Gasteiger partial charge in [0, 0.05) is 31.0 Å². The highest BCUT2D eigenvalue weighted by Crippen LogP contribution is 2.20. The molecule has 3 aromatic rings. The van der Waals surface area contributed by atoms with Gasteiger partial charge in [0.2, 0.25) is 10.9 Å². The molecule has 7 heteroatoms. The Kier molecular flexibility index (Phi) is 4.89. The molecule has 2 heterocycles. The van der Waals surface area contributed by atoms with Gasteiger partial charge in [0.05, 0.1) is 0 Å². The van der Waals surface area contributed by atoms with Crippen LogP contribution in [-0.2, 0) is 11.2 Å². The van der Waals surface area contributed by atoms with Crippen LogP contribution < -0.4 is 4.90 Å². The summed E-state index contributed by atoms with van der Waals surface area (Å²) in [7, 11) is 0. The van der Waals surface area contributed by atoms with E-state index < -0.39 is 0 Å². The van der Waals surface area contributed by atoms with Crippen molar-refractivity contribution in [3.8, 4) is 0 Å². The predicted octanol–water partition coefficient (Wildman–Crippen LogP) is 3.29. The van der Waals surface area contributed by atoms with E-state index >= 15 is 0 Å². The zero-order valence-electron chi connectivity index (χ0n) is 14.1. The van der Waals surface area contributed by atoms with Crippen molar-refractivity contribution < 1.29 is 4.79 Å². The quantitative estimate of drug-likeness (QED) is 0.689. The van der Waals surface area contributed by atoms with Crippen molar-refractivity contribution in [3.63, 3.8) is 0 Å². The van der Waals surface area contributed by atoms with Crippen LogP contribution in [0.1, 0.15) is 43.9 Å². The maximum absolute atomic E-state index is 12.5. The Morgan fingerprint density at radius 2 is 2.00 bits per heavy atom. The minimum absolute atomic E-state index is 0.110. The Bertz CT molecular complexity index is 824. The monoisotopic (exact) mass is 343 g/mol. The topological polar surface area (TPSA) is 63.4 Å². The minimum atomic E-state index is 0.110. The van der Waals surface area contributed by atoms with Gasteiger partial charge in [-0.1, -0.05) is 43.4 Å². The van der Waals surface area contributed by atoms with Gasteiger partial charge >= 0.3 is 0 Å². The zero-order valence-corrected chi connectivity index (χ0v) is 15.0. The van der Waals surface area contributed by atoms with Gasteiger partial charge in [0.25, 0.3) is 0 Å². The Morgan fingerprint density at radius 3 is 2.67 bits per heavy atom. The fraction of sp³-hybridized carbons (Fsp3) is 0.412. The highest BCUT2D eigenvalue weighted by molar-refractivity contribution is 7.16. The van der Waals surface area contributed by atoms with E-state index in [1.807, 2.05) is 37.3 Å². The lowest BCUT2D eigenvalue weighted by atomic mass is 10.2. The standard InChI is InChI=1S/C17H21N5OS/c1-4-21(13-8-6-5-7-9-13)15(23)11-10-14-20-22-16(12(2)3)18-19-17(22)24-14/h5-9,12H,4,10-11H2,1-3H3. The molecule has 0 fully saturated rings. The lowest BCUT2D eigenvalue weighted by Gasteiger charge is -2.20. The molecule has 0 unspecified atom stereocenters. The first-order valence-corrected chi connectivity index (χ1v) is 8.98. The number of nitrogens with zero attached hydrogens (tertiary/aromatic N) is 5. The first kappa shape index (κ1) is 16.6. The highest BCUT2D eigenvalue weighted by atomic mass is 32.1. The number of fused-ring (bicyclic) bond motifs is 1. The van der Waals surface area contributed by atoms with Crippen LogP contribution in [0.2, 0.25) is 0 Å². The fourth-order valence-corrected chi connectivity index (χ4v) is 3.43. The normalized spacial score (nSPS) is 11.3. The van der Waals surface area contributed by atoms with Crippen molar-refractivity contribution in [1.82, 2.24) is 19.8 Å². The first-order chi connectivity index (χ1) is 11.6. The van der Waals surface area contributed by atoms with Crippen LogP contribution in [-0.4, -0.2) is 32.3 Å². The summed E-state index contributed by atoms with van der Waals surface area (Å²) in [5.41, 5.74) is 0.935. The van der Waals surface area contributed by atoms with E-state index in [1.54, 1.807) is 9.42 Å².